The third kappa shape index (κ3) is 3.81. The topological polar surface area (TPSA) is 62.2 Å². The summed E-state index contributed by atoms with van der Waals surface area (Å²) >= 11 is 0. The zero-order valence-electron chi connectivity index (χ0n) is 10.5. The molecular formula is C14H20N2O2. The first kappa shape index (κ1) is 13.0. The number of nitrogens with zero attached hydrogens (tertiary/aromatic N) is 1. The van der Waals surface area contributed by atoms with Gasteiger partial charge in [-0.1, -0.05) is 6.07 Å². The van der Waals surface area contributed by atoms with Crippen molar-refractivity contribution >= 4 is 5.97 Å². The van der Waals surface area contributed by atoms with Crippen molar-refractivity contribution in [3.63, 3.8) is 0 Å². The Labute approximate surface area is 107 Å². The van der Waals surface area contributed by atoms with E-state index in [9.17, 15) is 4.79 Å². The summed E-state index contributed by atoms with van der Waals surface area (Å²) in [6.07, 6.45) is 8.22. The molecule has 0 aromatic carbocycles. The van der Waals surface area contributed by atoms with Crippen LogP contribution in [0.5, 0.6) is 0 Å². The fraction of sp³-hybridized carbons (Fsp3) is 0.571. The normalized spacial score (nSPS) is 23.8. The lowest BCUT2D eigenvalue weighted by Gasteiger charge is -2.26. The molecule has 18 heavy (non-hydrogen) atoms. The van der Waals surface area contributed by atoms with Crippen LogP contribution in [0, 0.1) is 5.92 Å². The van der Waals surface area contributed by atoms with Gasteiger partial charge in [0.2, 0.25) is 0 Å². The SMILES string of the molecule is O=C(O)C1CCC(NCCc2cccnc2)CC1. The van der Waals surface area contributed by atoms with Crippen molar-refractivity contribution in [3.8, 4) is 0 Å². The summed E-state index contributed by atoms with van der Waals surface area (Å²) in [5.41, 5.74) is 1.24. The number of hydrogen-bond donors (Lipinski definition) is 2. The maximum atomic E-state index is 10.8. The Morgan fingerprint density at radius 3 is 2.78 bits per heavy atom. The van der Waals surface area contributed by atoms with E-state index in [2.05, 4.69) is 16.4 Å². The number of nitrogens with one attached hydrogen (secondary N) is 1. The van der Waals surface area contributed by atoms with Crippen LogP contribution >= 0.6 is 0 Å². The van der Waals surface area contributed by atoms with Crippen LogP contribution in [0.15, 0.2) is 24.5 Å². The lowest BCUT2D eigenvalue weighted by atomic mass is 9.86. The molecular weight excluding hydrogens is 228 g/mol. The van der Waals surface area contributed by atoms with Crippen LogP contribution < -0.4 is 5.32 Å². The lowest BCUT2D eigenvalue weighted by molar-refractivity contribution is -0.142. The van der Waals surface area contributed by atoms with Gasteiger partial charge < -0.3 is 10.4 Å². The average molecular weight is 248 g/mol. The molecule has 4 heteroatoms. The quantitative estimate of drug-likeness (QED) is 0.835. The van der Waals surface area contributed by atoms with E-state index in [1.807, 2.05) is 12.3 Å². The number of rotatable bonds is 5. The molecule has 0 bridgehead atoms. The van der Waals surface area contributed by atoms with E-state index >= 15 is 0 Å². The molecule has 1 aromatic rings. The minimum absolute atomic E-state index is 0.124. The summed E-state index contributed by atoms with van der Waals surface area (Å²) in [5, 5.41) is 12.4. The van der Waals surface area contributed by atoms with E-state index < -0.39 is 5.97 Å². The molecule has 0 saturated heterocycles. The zero-order chi connectivity index (χ0) is 12.8. The lowest BCUT2D eigenvalue weighted by Crippen LogP contribution is -2.36. The first-order valence-corrected chi connectivity index (χ1v) is 6.61. The minimum atomic E-state index is -0.635. The molecule has 98 valence electrons. The van der Waals surface area contributed by atoms with Crippen LogP contribution in [-0.2, 0) is 11.2 Å². The van der Waals surface area contributed by atoms with E-state index in [1.165, 1.54) is 5.56 Å². The second kappa shape index (κ2) is 6.50. The predicted octanol–water partition coefficient (Wildman–Crippen LogP) is 1.86. The first-order chi connectivity index (χ1) is 8.75. The highest BCUT2D eigenvalue weighted by Gasteiger charge is 2.25. The number of aliphatic carboxylic acids is 1. The number of aromatic nitrogens is 1. The molecule has 1 heterocycles. The summed E-state index contributed by atoms with van der Waals surface area (Å²) in [4.78, 5) is 14.9. The van der Waals surface area contributed by atoms with E-state index in [0.717, 1.165) is 38.6 Å². The summed E-state index contributed by atoms with van der Waals surface area (Å²) in [7, 11) is 0. The summed E-state index contributed by atoms with van der Waals surface area (Å²) in [5.74, 6) is -0.759. The first-order valence-electron chi connectivity index (χ1n) is 6.61. The molecule has 4 nitrogen and oxygen atoms in total. The van der Waals surface area contributed by atoms with Gasteiger partial charge in [0.05, 0.1) is 5.92 Å². The average Bonchev–Trinajstić information content (AvgIpc) is 2.40. The molecule has 2 rings (SSSR count). The number of carboxylic acids is 1. The van der Waals surface area contributed by atoms with Crippen molar-refractivity contribution in [3.05, 3.63) is 30.1 Å². The number of carboxylic acid groups (broad SMARTS) is 1. The van der Waals surface area contributed by atoms with Gasteiger partial charge in [-0.05, 0) is 50.3 Å². The van der Waals surface area contributed by atoms with E-state index in [1.54, 1.807) is 6.20 Å². The van der Waals surface area contributed by atoms with Crippen LogP contribution in [0.1, 0.15) is 31.2 Å². The minimum Gasteiger partial charge on any atom is -0.481 e. The van der Waals surface area contributed by atoms with E-state index in [0.29, 0.717) is 6.04 Å². The van der Waals surface area contributed by atoms with Crippen molar-refractivity contribution in [1.82, 2.24) is 10.3 Å². The van der Waals surface area contributed by atoms with E-state index in [-0.39, 0.29) is 5.92 Å². The monoisotopic (exact) mass is 248 g/mol. The van der Waals surface area contributed by atoms with Crippen molar-refractivity contribution in [2.45, 2.75) is 38.1 Å². The molecule has 2 N–H and O–H groups in total. The van der Waals surface area contributed by atoms with Gasteiger partial charge in [-0.3, -0.25) is 9.78 Å². The van der Waals surface area contributed by atoms with Crippen molar-refractivity contribution in [2.75, 3.05) is 6.54 Å². The van der Waals surface area contributed by atoms with Gasteiger partial charge in [0, 0.05) is 18.4 Å². The van der Waals surface area contributed by atoms with Gasteiger partial charge in [0.25, 0.3) is 0 Å². The highest BCUT2D eigenvalue weighted by atomic mass is 16.4. The maximum Gasteiger partial charge on any atom is 0.306 e. The Bertz CT molecular complexity index is 373. The standard InChI is InChI=1S/C14H20N2O2/c17-14(18)12-3-5-13(6-4-12)16-9-7-11-2-1-8-15-10-11/h1-2,8,10,12-13,16H,3-7,9H2,(H,17,18). The van der Waals surface area contributed by atoms with Gasteiger partial charge in [0.15, 0.2) is 0 Å². The van der Waals surface area contributed by atoms with Crippen molar-refractivity contribution < 1.29 is 9.90 Å². The molecule has 0 atom stereocenters. The Morgan fingerprint density at radius 2 is 2.17 bits per heavy atom. The summed E-state index contributed by atoms with van der Waals surface area (Å²) < 4.78 is 0. The third-order valence-electron chi connectivity index (χ3n) is 3.65. The van der Waals surface area contributed by atoms with Crippen LogP contribution in [0.3, 0.4) is 0 Å². The van der Waals surface area contributed by atoms with Crippen LogP contribution in [0.25, 0.3) is 0 Å². The smallest absolute Gasteiger partial charge is 0.306 e. The molecule has 1 fully saturated rings. The fourth-order valence-corrected chi connectivity index (χ4v) is 2.51. The van der Waals surface area contributed by atoms with Gasteiger partial charge >= 0.3 is 5.97 Å². The molecule has 1 aliphatic carbocycles. The third-order valence-corrected chi connectivity index (χ3v) is 3.65. The Morgan fingerprint density at radius 1 is 1.39 bits per heavy atom. The second-order valence-electron chi connectivity index (χ2n) is 4.95. The number of carbonyl (C=O) groups is 1. The van der Waals surface area contributed by atoms with Gasteiger partial charge in [-0.15, -0.1) is 0 Å². The van der Waals surface area contributed by atoms with Gasteiger partial charge in [0.1, 0.15) is 0 Å². The van der Waals surface area contributed by atoms with Gasteiger partial charge in [-0.25, -0.2) is 0 Å². The second-order valence-corrected chi connectivity index (χ2v) is 4.95. The Hall–Kier alpha value is -1.42. The van der Waals surface area contributed by atoms with Crippen molar-refractivity contribution in [1.29, 1.82) is 0 Å². The van der Waals surface area contributed by atoms with Gasteiger partial charge in [-0.2, -0.15) is 0 Å². The molecule has 0 amide bonds. The molecule has 0 aliphatic heterocycles. The predicted molar refractivity (Wildman–Crippen MR) is 69.3 cm³/mol. The molecule has 1 aromatic heterocycles. The number of pyridine rings is 1. The summed E-state index contributed by atoms with van der Waals surface area (Å²) in [6, 6.07) is 4.51. The van der Waals surface area contributed by atoms with Crippen LogP contribution in [0.4, 0.5) is 0 Å². The highest BCUT2D eigenvalue weighted by molar-refractivity contribution is 5.70. The van der Waals surface area contributed by atoms with Crippen LogP contribution in [-0.4, -0.2) is 28.6 Å². The van der Waals surface area contributed by atoms with Crippen molar-refractivity contribution in [2.24, 2.45) is 5.92 Å². The maximum absolute atomic E-state index is 10.8. The van der Waals surface area contributed by atoms with Crippen LogP contribution in [0.2, 0.25) is 0 Å². The molecule has 0 unspecified atom stereocenters. The molecule has 1 saturated carbocycles. The Kier molecular flexibility index (Phi) is 4.70. The fourth-order valence-electron chi connectivity index (χ4n) is 2.51. The highest BCUT2D eigenvalue weighted by Crippen LogP contribution is 2.24. The Balaban J connectivity index is 1.65. The largest absolute Gasteiger partial charge is 0.481 e. The molecule has 0 radical (unpaired) electrons. The number of hydrogen-bond acceptors (Lipinski definition) is 3. The molecule has 1 aliphatic rings. The molecule has 0 spiro atoms. The van der Waals surface area contributed by atoms with E-state index in [4.69, 9.17) is 5.11 Å². The zero-order valence-corrected chi connectivity index (χ0v) is 10.5. The summed E-state index contributed by atoms with van der Waals surface area (Å²) in [6.45, 7) is 0.939.